The molecule has 0 spiro atoms. The molecule has 2 aromatic rings. The van der Waals surface area contributed by atoms with Crippen LogP contribution in [-0.2, 0) is 4.79 Å². The van der Waals surface area contributed by atoms with Crippen molar-refractivity contribution in [2.75, 3.05) is 4.90 Å². The highest BCUT2D eigenvalue weighted by molar-refractivity contribution is 8.02. The van der Waals surface area contributed by atoms with Crippen molar-refractivity contribution in [2.24, 2.45) is 0 Å². The third-order valence-electron chi connectivity index (χ3n) is 3.20. The summed E-state index contributed by atoms with van der Waals surface area (Å²) in [5.41, 5.74) is 1.11. The number of benzene rings is 1. The number of hydrogen-bond acceptors (Lipinski definition) is 4. The Morgan fingerprint density at radius 2 is 1.86 bits per heavy atom. The molecule has 1 aromatic heterocycles. The predicted octanol–water partition coefficient (Wildman–Crippen LogP) is 2.98. The molecule has 2 heterocycles. The van der Waals surface area contributed by atoms with Crippen LogP contribution < -0.4 is 4.90 Å². The van der Waals surface area contributed by atoms with Gasteiger partial charge in [-0.1, -0.05) is 42.5 Å². The number of aromatic nitrogens is 2. The van der Waals surface area contributed by atoms with Gasteiger partial charge in [0.1, 0.15) is 5.37 Å². The van der Waals surface area contributed by atoms with Gasteiger partial charge in [-0.15, -0.1) is 11.8 Å². The molecule has 0 saturated carbocycles. The fourth-order valence-corrected chi connectivity index (χ4v) is 3.30. The van der Waals surface area contributed by atoms with E-state index in [0.717, 1.165) is 5.56 Å². The average Bonchev–Trinajstić information content (AvgIpc) is 2.82. The summed E-state index contributed by atoms with van der Waals surface area (Å²) in [6, 6.07) is 11.8. The lowest BCUT2D eigenvalue weighted by molar-refractivity contribution is -0.117. The van der Waals surface area contributed by atoms with Crippen LogP contribution in [0.1, 0.15) is 12.5 Å². The first-order valence-corrected chi connectivity index (χ1v) is 7.69. The van der Waals surface area contributed by atoms with E-state index in [0.29, 0.717) is 5.95 Å². The SMILES string of the molecule is CC1SC(C=Cc2ccccc2)N(c2ncccn2)C1=O. The smallest absolute Gasteiger partial charge is 0.243 e. The zero-order valence-corrected chi connectivity index (χ0v) is 12.4. The summed E-state index contributed by atoms with van der Waals surface area (Å²) in [6.45, 7) is 1.92. The molecule has 1 saturated heterocycles. The maximum absolute atomic E-state index is 12.3. The Balaban J connectivity index is 1.86. The number of thioether (sulfide) groups is 1. The Morgan fingerprint density at radius 1 is 1.14 bits per heavy atom. The predicted molar refractivity (Wildman–Crippen MR) is 85.8 cm³/mol. The van der Waals surface area contributed by atoms with Gasteiger partial charge in [-0.05, 0) is 18.6 Å². The van der Waals surface area contributed by atoms with Gasteiger partial charge in [-0.2, -0.15) is 0 Å². The van der Waals surface area contributed by atoms with Gasteiger partial charge in [0.05, 0.1) is 5.25 Å². The molecular formula is C16H15N3OS. The van der Waals surface area contributed by atoms with Crippen LogP contribution in [0.2, 0.25) is 0 Å². The number of anilines is 1. The van der Waals surface area contributed by atoms with Crippen LogP contribution in [0.5, 0.6) is 0 Å². The summed E-state index contributed by atoms with van der Waals surface area (Å²) < 4.78 is 0. The van der Waals surface area contributed by atoms with Gasteiger partial charge in [-0.3, -0.25) is 9.69 Å². The summed E-state index contributed by atoms with van der Waals surface area (Å²) in [4.78, 5) is 22.4. The van der Waals surface area contributed by atoms with Crippen LogP contribution in [-0.4, -0.2) is 26.5 Å². The fourth-order valence-electron chi connectivity index (χ4n) is 2.17. The van der Waals surface area contributed by atoms with Gasteiger partial charge in [0.2, 0.25) is 11.9 Å². The van der Waals surface area contributed by atoms with Gasteiger partial charge < -0.3 is 0 Å². The van der Waals surface area contributed by atoms with Gasteiger partial charge in [-0.25, -0.2) is 9.97 Å². The molecule has 0 N–H and O–H groups in total. The molecule has 1 aliphatic rings. The highest BCUT2D eigenvalue weighted by Crippen LogP contribution is 2.34. The zero-order valence-electron chi connectivity index (χ0n) is 11.6. The van der Waals surface area contributed by atoms with E-state index >= 15 is 0 Å². The Labute approximate surface area is 127 Å². The van der Waals surface area contributed by atoms with Gasteiger partial charge in [0.25, 0.3) is 0 Å². The molecule has 1 fully saturated rings. The number of carbonyl (C=O) groups is 1. The van der Waals surface area contributed by atoms with Gasteiger partial charge in [0.15, 0.2) is 0 Å². The normalized spacial score (nSPS) is 22.1. The van der Waals surface area contributed by atoms with Gasteiger partial charge in [0, 0.05) is 12.4 Å². The number of rotatable bonds is 3. The topological polar surface area (TPSA) is 46.1 Å². The molecule has 21 heavy (non-hydrogen) atoms. The maximum atomic E-state index is 12.3. The molecule has 3 rings (SSSR count). The molecular weight excluding hydrogens is 282 g/mol. The van der Waals surface area contributed by atoms with E-state index < -0.39 is 0 Å². The maximum Gasteiger partial charge on any atom is 0.243 e. The number of hydrogen-bond donors (Lipinski definition) is 0. The van der Waals surface area contributed by atoms with Gasteiger partial charge >= 0.3 is 0 Å². The first kappa shape index (κ1) is 13.8. The van der Waals surface area contributed by atoms with Crippen molar-refractivity contribution in [1.82, 2.24) is 9.97 Å². The minimum atomic E-state index is -0.0840. The van der Waals surface area contributed by atoms with Crippen LogP contribution in [0.4, 0.5) is 5.95 Å². The van der Waals surface area contributed by atoms with E-state index in [9.17, 15) is 4.79 Å². The first-order valence-electron chi connectivity index (χ1n) is 6.74. The highest BCUT2D eigenvalue weighted by atomic mass is 32.2. The largest absolute Gasteiger partial charge is 0.273 e. The summed E-state index contributed by atoms with van der Waals surface area (Å²) in [5.74, 6) is 0.510. The molecule has 2 unspecified atom stereocenters. The monoisotopic (exact) mass is 297 g/mol. The fraction of sp³-hybridized carbons (Fsp3) is 0.188. The van der Waals surface area contributed by atoms with Crippen molar-refractivity contribution < 1.29 is 4.79 Å². The van der Waals surface area contributed by atoms with Crippen molar-refractivity contribution in [2.45, 2.75) is 17.5 Å². The summed E-state index contributed by atoms with van der Waals surface area (Å²) in [6.07, 6.45) is 7.36. The minimum absolute atomic E-state index is 0.0499. The van der Waals surface area contributed by atoms with Crippen LogP contribution in [0.25, 0.3) is 6.08 Å². The van der Waals surface area contributed by atoms with E-state index in [2.05, 4.69) is 9.97 Å². The summed E-state index contributed by atoms with van der Waals surface area (Å²) in [7, 11) is 0. The molecule has 1 amide bonds. The Kier molecular flexibility index (Phi) is 4.01. The number of carbonyl (C=O) groups excluding carboxylic acids is 1. The molecule has 0 aliphatic carbocycles. The lowest BCUT2D eigenvalue weighted by Crippen LogP contribution is -2.34. The molecule has 0 radical (unpaired) electrons. The second kappa shape index (κ2) is 6.10. The van der Waals surface area contributed by atoms with Crippen LogP contribution >= 0.6 is 11.8 Å². The molecule has 0 bridgehead atoms. The van der Waals surface area contributed by atoms with Crippen LogP contribution in [0.15, 0.2) is 54.9 Å². The molecule has 106 valence electrons. The van der Waals surface area contributed by atoms with E-state index in [-0.39, 0.29) is 16.5 Å². The molecule has 4 nitrogen and oxygen atoms in total. The summed E-state index contributed by atoms with van der Waals surface area (Å²) in [5, 5.41) is -0.158. The second-order valence-corrected chi connectivity index (χ2v) is 6.16. The first-order chi connectivity index (χ1) is 10.3. The van der Waals surface area contributed by atoms with Crippen LogP contribution in [0, 0.1) is 0 Å². The van der Waals surface area contributed by atoms with Crippen molar-refractivity contribution in [3.63, 3.8) is 0 Å². The van der Waals surface area contributed by atoms with E-state index in [4.69, 9.17) is 0 Å². The van der Waals surface area contributed by atoms with E-state index in [1.165, 1.54) is 0 Å². The lowest BCUT2D eigenvalue weighted by Gasteiger charge is -2.18. The highest BCUT2D eigenvalue weighted by Gasteiger charge is 2.38. The Hall–Kier alpha value is -2.14. The quantitative estimate of drug-likeness (QED) is 0.874. The average molecular weight is 297 g/mol. The molecule has 2 atom stereocenters. The Bertz CT molecular complexity index is 645. The molecule has 1 aliphatic heterocycles. The van der Waals surface area contributed by atoms with E-state index in [1.54, 1.807) is 35.1 Å². The minimum Gasteiger partial charge on any atom is -0.273 e. The number of nitrogens with zero attached hydrogens (tertiary/aromatic N) is 3. The summed E-state index contributed by atoms with van der Waals surface area (Å²) >= 11 is 1.61. The zero-order chi connectivity index (χ0) is 14.7. The number of amides is 1. The third-order valence-corrected chi connectivity index (χ3v) is 4.46. The van der Waals surface area contributed by atoms with Crippen molar-refractivity contribution in [1.29, 1.82) is 0 Å². The third kappa shape index (κ3) is 2.97. The standard InChI is InChI=1S/C16H15N3OS/c1-12-15(20)19(16-17-10-5-11-18-16)14(21-12)9-8-13-6-3-2-4-7-13/h2-12,14H,1H3. The molecule has 5 heteroatoms. The van der Waals surface area contributed by atoms with E-state index in [1.807, 2.05) is 49.4 Å². The Morgan fingerprint density at radius 3 is 2.57 bits per heavy atom. The lowest BCUT2D eigenvalue weighted by atomic mass is 10.2. The van der Waals surface area contributed by atoms with Crippen molar-refractivity contribution in [3.05, 3.63) is 60.4 Å². The second-order valence-electron chi connectivity index (χ2n) is 4.70. The van der Waals surface area contributed by atoms with Crippen molar-refractivity contribution >= 4 is 29.7 Å². The van der Waals surface area contributed by atoms with Crippen molar-refractivity contribution in [3.8, 4) is 0 Å². The van der Waals surface area contributed by atoms with Crippen LogP contribution in [0.3, 0.4) is 0 Å². The molecule has 1 aromatic carbocycles.